The number of aldehydes is 1. The van der Waals surface area contributed by atoms with E-state index < -0.39 is 0 Å². The summed E-state index contributed by atoms with van der Waals surface area (Å²) in [4.78, 5) is 10.4. The van der Waals surface area contributed by atoms with Crippen molar-refractivity contribution < 1.29 is 9.53 Å². The first-order valence-corrected chi connectivity index (χ1v) is 3.95. The van der Waals surface area contributed by atoms with Gasteiger partial charge < -0.3 is 20.2 Å². The highest BCUT2D eigenvalue weighted by molar-refractivity contribution is 5.56. The normalized spacial score (nSPS) is 43.5. The predicted octanol–water partition coefficient (Wildman–Crippen LogP) is -1.49. The number of fused-ring (bicyclic) bond motifs is 1. The predicted molar refractivity (Wildman–Crippen MR) is 39.4 cm³/mol. The maximum Gasteiger partial charge on any atom is 0.150 e. The van der Waals surface area contributed by atoms with E-state index in [4.69, 9.17) is 4.74 Å². The minimum absolute atomic E-state index is 0.193. The number of hydrogen-bond donors (Lipinski definition) is 2. The smallest absolute Gasteiger partial charge is 0.150 e. The Kier molecular flexibility index (Phi) is 1.89. The monoisotopic (exact) mass is 156 g/mol. The zero-order chi connectivity index (χ0) is 7.68. The van der Waals surface area contributed by atoms with Crippen molar-refractivity contribution in [2.75, 3.05) is 19.6 Å². The summed E-state index contributed by atoms with van der Waals surface area (Å²) in [5.41, 5.74) is 0. The van der Waals surface area contributed by atoms with Crippen molar-refractivity contribution in [3.8, 4) is 0 Å². The highest BCUT2D eigenvalue weighted by Crippen LogP contribution is 2.11. The Bertz CT molecular complexity index is 163. The topological polar surface area (TPSA) is 50.4 Å². The lowest BCUT2D eigenvalue weighted by Crippen LogP contribution is -2.52. The molecular formula is C7H12N2O2. The zero-order valence-electron chi connectivity index (χ0n) is 6.25. The second-order valence-corrected chi connectivity index (χ2v) is 3.02. The van der Waals surface area contributed by atoms with Gasteiger partial charge in [-0.05, 0) is 0 Å². The molecule has 4 heteroatoms. The number of ether oxygens (including phenoxy) is 1. The average Bonchev–Trinajstić information content (AvgIpc) is 2.50. The molecule has 0 radical (unpaired) electrons. The van der Waals surface area contributed by atoms with Crippen molar-refractivity contribution in [1.29, 1.82) is 0 Å². The molecule has 11 heavy (non-hydrogen) atoms. The molecule has 62 valence electrons. The zero-order valence-corrected chi connectivity index (χ0v) is 6.25. The van der Waals surface area contributed by atoms with Gasteiger partial charge in [0, 0.05) is 25.7 Å². The lowest BCUT2D eigenvalue weighted by atomic mass is 10.1. The molecule has 2 aliphatic rings. The van der Waals surface area contributed by atoms with Gasteiger partial charge >= 0.3 is 0 Å². The molecule has 3 unspecified atom stereocenters. The summed E-state index contributed by atoms with van der Waals surface area (Å²) >= 11 is 0. The van der Waals surface area contributed by atoms with Crippen molar-refractivity contribution in [2.45, 2.75) is 18.2 Å². The van der Waals surface area contributed by atoms with Crippen LogP contribution in [0.15, 0.2) is 0 Å². The van der Waals surface area contributed by atoms with Gasteiger partial charge in [0.15, 0.2) is 0 Å². The number of rotatable bonds is 1. The summed E-state index contributed by atoms with van der Waals surface area (Å²) < 4.78 is 5.47. The summed E-state index contributed by atoms with van der Waals surface area (Å²) in [7, 11) is 0. The molecule has 0 spiro atoms. The molecule has 0 aromatic rings. The van der Waals surface area contributed by atoms with E-state index in [1.54, 1.807) is 0 Å². The number of nitrogens with one attached hydrogen (secondary N) is 2. The lowest BCUT2D eigenvalue weighted by molar-refractivity contribution is -0.125. The highest BCUT2D eigenvalue weighted by Gasteiger charge is 2.33. The van der Waals surface area contributed by atoms with Crippen LogP contribution in [0.5, 0.6) is 0 Å². The average molecular weight is 156 g/mol. The van der Waals surface area contributed by atoms with Crippen LogP contribution in [0.2, 0.25) is 0 Å². The third-order valence-electron chi connectivity index (χ3n) is 2.24. The van der Waals surface area contributed by atoms with E-state index >= 15 is 0 Å². The van der Waals surface area contributed by atoms with Gasteiger partial charge in [0.1, 0.15) is 12.4 Å². The van der Waals surface area contributed by atoms with Crippen LogP contribution in [-0.4, -0.2) is 44.2 Å². The molecule has 2 heterocycles. The molecule has 2 N–H and O–H groups in total. The maximum absolute atomic E-state index is 10.4. The van der Waals surface area contributed by atoms with Gasteiger partial charge in [-0.15, -0.1) is 0 Å². The summed E-state index contributed by atoms with van der Waals surface area (Å²) in [6.07, 6.45) is 0.816. The number of carbonyl (C=O) groups is 1. The van der Waals surface area contributed by atoms with E-state index in [0.29, 0.717) is 12.6 Å². The number of morpholine rings is 1. The van der Waals surface area contributed by atoms with Crippen molar-refractivity contribution >= 4 is 6.29 Å². The summed E-state index contributed by atoms with van der Waals surface area (Å²) in [5.74, 6) is 0. The largest absolute Gasteiger partial charge is 0.363 e. The molecular weight excluding hydrogens is 144 g/mol. The van der Waals surface area contributed by atoms with Gasteiger partial charge in [-0.1, -0.05) is 0 Å². The van der Waals surface area contributed by atoms with Crippen LogP contribution in [0.1, 0.15) is 0 Å². The molecule has 3 atom stereocenters. The molecule has 2 saturated heterocycles. The van der Waals surface area contributed by atoms with Gasteiger partial charge in [-0.25, -0.2) is 0 Å². The first-order valence-electron chi connectivity index (χ1n) is 3.95. The summed E-state index contributed by atoms with van der Waals surface area (Å²) in [6.45, 7) is 2.48. The molecule has 0 aliphatic carbocycles. The van der Waals surface area contributed by atoms with Crippen LogP contribution in [0.4, 0.5) is 0 Å². The van der Waals surface area contributed by atoms with Gasteiger partial charge in [-0.3, -0.25) is 0 Å². The van der Waals surface area contributed by atoms with Gasteiger partial charge in [0.2, 0.25) is 0 Å². The van der Waals surface area contributed by atoms with E-state index in [-0.39, 0.29) is 12.2 Å². The standard InChI is InChI=1S/C7H12N2O2/c10-4-5-1-9-6-2-8-3-7(6)11-5/h4-9H,1-3H2. The fourth-order valence-electron chi connectivity index (χ4n) is 1.62. The third-order valence-corrected chi connectivity index (χ3v) is 2.24. The second-order valence-electron chi connectivity index (χ2n) is 3.02. The first kappa shape index (κ1) is 7.21. The van der Waals surface area contributed by atoms with Crippen LogP contribution in [0, 0.1) is 0 Å². The molecule has 4 nitrogen and oxygen atoms in total. The molecule has 0 aromatic carbocycles. The van der Waals surface area contributed by atoms with Crippen molar-refractivity contribution in [3.05, 3.63) is 0 Å². The Hall–Kier alpha value is -0.450. The van der Waals surface area contributed by atoms with Crippen LogP contribution >= 0.6 is 0 Å². The van der Waals surface area contributed by atoms with Crippen molar-refractivity contribution in [2.24, 2.45) is 0 Å². The van der Waals surface area contributed by atoms with Crippen molar-refractivity contribution in [3.63, 3.8) is 0 Å². The summed E-state index contributed by atoms with van der Waals surface area (Å²) in [6, 6.07) is 0.409. The molecule has 0 aromatic heterocycles. The number of carbonyl (C=O) groups excluding carboxylic acids is 1. The number of hydrogen-bond acceptors (Lipinski definition) is 4. The minimum Gasteiger partial charge on any atom is -0.363 e. The molecule has 0 amide bonds. The van der Waals surface area contributed by atoms with E-state index in [1.807, 2.05) is 0 Å². The van der Waals surface area contributed by atoms with E-state index in [1.165, 1.54) is 0 Å². The van der Waals surface area contributed by atoms with Gasteiger partial charge in [0.25, 0.3) is 0 Å². The van der Waals surface area contributed by atoms with Crippen LogP contribution < -0.4 is 10.6 Å². The molecule has 2 fully saturated rings. The van der Waals surface area contributed by atoms with E-state index in [2.05, 4.69) is 10.6 Å². The minimum atomic E-state index is -0.240. The third kappa shape index (κ3) is 1.29. The molecule has 0 saturated carbocycles. The molecule has 2 rings (SSSR count). The van der Waals surface area contributed by atoms with Gasteiger partial charge in [0.05, 0.1) is 6.10 Å². The summed E-state index contributed by atoms with van der Waals surface area (Å²) in [5, 5.41) is 6.47. The van der Waals surface area contributed by atoms with Crippen molar-refractivity contribution in [1.82, 2.24) is 10.6 Å². The fourth-order valence-corrected chi connectivity index (χ4v) is 1.62. The maximum atomic E-state index is 10.4. The quantitative estimate of drug-likeness (QED) is 0.454. The van der Waals surface area contributed by atoms with E-state index in [0.717, 1.165) is 19.4 Å². The Labute approximate surface area is 65.3 Å². The Morgan fingerprint density at radius 2 is 2.27 bits per heavy atom. The second kappa shape index (κ2) is 2.89. The Balaban J connectivity index is 1.96. The molecule has 0 bridgehead atoms. The Morgan fingerprint density at radius 1 is 1.36 bits per heavy atom. The molecule has 2 aliphatic heterocycles. The van der Waals surface area contributed by atoms with Crippen LogP contribution in [-0.2, 0) is 9.53 Å². The van der Waals surface area contributed by atoms with Crippen LogP contribution in [0.3, 0.4) is 0 Å². The van der Waals surface area contributed by atoms with Crippen LogP contribution in [0.25, 0.3) is 0 Å². The Morgan fingerprint density at radius 3 is 3.09 bits per heavy atom. The SMILES string of the molecule is O=CC1CNC2CNCC2O1. The highest BCUT2D eigenvalue weighted by atomic mass is 16.5. The fraction of sp³-hybridized carbons (Fsp3) is 0.857. The lowest BCUT2D eigenvalue weighted by Gasteiger charge is -2.29. The van der Waals surface area contributed by atoms with Gasteiger partial charge in [-0.2, -0.15) is 0 Å². The van der Waals surface area contributed by atoms with E-state index in [9.17, 15) is 4.79 Å². The first-order chi connectivity index (χ1) is 5.40.